The second-order valence-corrected chi connectivity index (χ2v) is 8.37. The lowest BCUT2D eigenvalue weighted by Gasteiger charge is -2.13. The van der Waals surface area contributed by atoms with Crippen molar-refractivity contribution in [3.63, 3.8) is 0 Å². The van der Waals surface area contributed by atoms with Gasteiger partial charge in [0.1, 0.15) is 5.75 Å². The number of alkyl halides is 3. The Morgan fingerprint density at radius 1 is 0.946 bits per heavy atom. The van der Waals surface area contributed by atoms with Gasteiger partial charge < -0.3 is 24.1 Å². The molecule has 0 bridgehead atoms. The van der Waals surface area contributed by atoms with Crippen molar-refractivity contribution in [2.24, 2.45) is 0 Å². The molecule has 37 heavy (non-hydrogen) atoms. The average Bonchev–Trinajstić information content (AvgIpc) is 3.11. The molecule has 2 heterocycles. The summed E-state index contributed by atoms with van der Waals surface area (Å²) in [5.74, 6) is 0.385. The van der Waals surface area contributed by atoms with Crippen LogP contribution in [-0.2, 0) is 6.54 Å². The first-order valence-corrected chi connectivity index (χ1v) is 11.4. The number of amides is 1. The zero-order valence-electron chi connectivity index (χ0n) is 19.4. The van der Waals surface area contributed by atoms with E-state index in [9.17, 15) is 22.8 Å². The summed E-state index contributed by atoms with van der Waals surface area (Å²) in [6, 6.07) is 17.0. The molecule has 0 atom stereocenters. The Kier molecular flexibility index (Phi) is 6.47. The molecular weight excluding hydrogens is 489 g/mol. The van der Waals surface area contributed by atoms with E-state index >= 15 is 0 Å². The highest BCUT2D eigenvalue weighted by atomic mass is 19.4. The zero-order chi connectivity index (χ0) is 26.0. The monoisotopic (exact) mass is 510 g/mol. The lowest BCUT2D eigenvalue weighted by Crippen LogP contribution is -2.21. The van der Waals surface area contributed by atoms with Gasteiger partial charge in [-0.15, -0.1) is 13.2 Å². The number of pyridine rings is 1. The molecule has 7 nitrogen and oxygen atoms in total. The Hall–Kier alpha value is -4.47. The van der Waals surface area contributed by atoms with Crippen molar-refractivity contribution in [3.8, 4) is 17.2 Å². The van der Waals surface area contributed by atoms with Gasteiger partial charge in [-0.3, -0.25) is 9.59 Å². The fourth-order valence-electron chi connectivity index (χ4n) is 4.04. The van der Waals surface area contributed by atoms with E-state index in [1.807, 2.05) is 0 Å². The fourth-order valence-corrected chi connectivity index (χ4v) is 4.04. The van der Waals surface area contributed by atoms with Crippen molar-refractivity contribution < 1.29 is 32.2 Å². The lowest BCUT2D eigenvalue weighted by molar-refractivity contribution is -0.274. The summed E-state index contributed by atoms with van der Waals surface area (Å²) < 4.78 is 53.7. The van der Waals surface area contributed by atoms with Gasteiger partial charge in [-0.2, -0.15) is 0 Å². The van der Waals surface area contributed by atoms with Gasteiger partial charge in [0.25, 0.3) is 11.5 Å². The molecule has 0 spiro atoms. The van der Waals surface area contributed by atoms with Crippen LogP contribution in [-0.4, -0.2) is 30.1 Å². The molecule has 4 aromatic rings. The normalized spacial score (nSPS) is 13.2. The molecule has 0 fully saturated rings. The third-order valence-corrected chi connectivity index (χ3v) is 5.79. The van der Waals surface area contributed by atoms with Gasteiger partial charge in [-0.25, -0.2) is 0 Å². The number of halogens is 3. The number of nitrogens with one attached hydrogen (secondary N) is 1. The fraction of sp³-hybridized carbons (Fsp3) is 0.185. The van der Waals surface area contributed by atoms with Gasteiger partial charge >= 0.3 is 6.36 Å². The number of hydrogen-bond acceptors (Lipinski definition) is 5. The first-order chi connectivity index (χ1) is 17.8. The van der Waals surface area contributed by atoms with E-state index in [0.29, 0.717) is 52.3 Å². The third kappa shape index (κ3) is 5.53. The van der Waals surface area contributed by atoms with Crippen LogP contribution in [0, 0.1) is 0 Å². The number of anilines is 1. The van der Waals surface area contributed by atoms with Crippen LogP contribution < -0.4 is 25.1 Å². The molecule has 1 aromatic heterocycles. The van der Waals surface area contributed by atoms with E-state index in [1.165, 1.54) is 28.8 Å². The molecule has 1 N–H and O–H groups in total. The minimum atomic E-state index is -4.77. The highest BCUT2D eigenvalue weighted by molar-refractivity contribution is 6.09. The van der Waals surface area contributed by atoms with Crippen LogP contribution in [0.4, 0.5) is 18.9 Å². The summed E-state index contributed by atoms with van der Waals surface area (Å²) >= 11 is 0. The van der Waals surface area contributed by atoms with Crippen LogP contribution in [0.2, 0.25) is 0 Å². The number of aromatic nitrogens is 1. The molecule has 0 radical (unpaired) electrons. The SMILES string of the molecule is O=C(Nc1cccc2c(=O)n(Cc3ccc(OC(F)(F)F)cc3)ccc12)c1ccc2c(c1)OCCCO2. The van der Waals surface area contributed by atoms with Crippen LogP contribution in [0.1, 0.15) is 22.3 Å². The van der Waals surface area contributed by atoms with Crippen LogP contribution >= 0.6 is 0 Å². The largest absolute Gasteiger partial charge is 0.573 e. The second kappa shape index (κ2) is 9.88. The molecule has 0 aliphatic carbocycles. The number of nitrogens with zero attached hydrogens (tertiary/aromatic N) is 1. The Balaban J connectivity index is 1.36. The molecule has 3 aromatic carbocycles. The number of hydrogen-bond donors (Lipinski definition) is 1. The summed E-state index contributed by atoms with van der Waals surface area (Å²) in [5.41, 5.74) is 1.16. The maximum absolute atomic E-state index is 13.1. The molecular formula is C27H21F3N2O5. The van der Waals surface area contributed by atoms with Crippen molar-refractivity contribution >= 4 is 22.4 Å². The topological polar surface area (TPSA) is 78.8 Å². The molecule has 1 amide bonds. The van der Waals surface area contributed by atoms with Crippen molar-refractivity contribution in [2.75, 3.05) is 18.5 Å². The maximum atomic E-state index is 13.1. The predicted molar refractivity (Wildman–Crippen MR) is 130 cm³/mol. The molecule has 0 saturated heterocycles. The quantitative estimate of drug-likeness (QED) is 0.391. The van der Waals surface area contributed by atoms with Gasteiger partial charge in [-0.05, 0) is 54.1 Å². The van der Waals surface area contributed by atoms with Crippen LogP contribution in [0.5, 0.6) is 17.2 Å². The van der Waals surface area contributed by atoms with Crippen molar-refractivity contribution in [1.29, 1.82) is 0 Å². The minimum absolute atomic E-state index is 0.148. The first-order valence-electron chi connectivity index (χ1n) is 11.4. The minimum Gasteiger partial charge on any atom is -0.490 e. The van der Waals surface area contributed by atoms with Crippen molar-refractivity contribution in [1.82, 2.24) is 4.57 Å². The molecule has 0 saturated carbocycles. The number of carbonyl (C=O) groups is 1. The van der Waals surface area contributed by atoms with Crippen LogP contribution in [0.15, 0.2) is 77.7 Å². The number of benzene rings is 3. The van der Waals surface area contributed by atoms with Crippen LogP contribution in [0.3, 0.4) is 0 Å². The van der Waals surface area contributed by atoms with Gasteiger partial charge in [0.2, 0.25) is 0 Å². The Morgan fingerprint density at radius 2 is 1.70 bits per heavy atom. The van der Waals surface area contributed by atoms with Gasteiger partial charge in [0, 0.05) is 34.6 Å². The van der Waals surface area contributed by atoms with E-state index in [4.69, 9.17) is 9.47 Å². The maximum Gasteiger partial charge on any atom is 0.573 e. The highest BCUT2D eigenvalue weighted by Crippen LogP contribution is 2.31. The van der Waals surface area contributed by atoms with Crippen molar-refractivity contribution in [3.05, 3.63) is 94.4 Å². The zero-order valence-corrected chi connectivity index (χ0v) is 19.4. The number of fused-ring (bicyclic) bond motifs is 2. The highest BCUT2D eigenvalue weighted by Gasteiger charge is 2.31. The summed E-state index contributed by atoms with van der Waals surface area (Å²) in [5, 5.41) is 3.80. The predicted octanol–water partition coefficient (Wildman–Crippen LogP) is 5.36. The molecule has 10 heteroatoms. The number of rotatable bonds is 5. The molecule has 1 aliphatic rings. The molecule has 0 unspecified atom stereocenters. The number of carbonyl (C=O) groups excluding carboxylic acids is 1. The standard InChI is InChI=1S/C27H21F3N2O5/c28-27(29,30)37-19-8-5-17(6-9-19)16-32-12-11-20-21(26(32)34)3-1-4-22(20)31-25(33)18-7-10-23-24(15-18)36-14-2-13-35-23/h1,3-12,15H,2,13-14,16H2,(H,31,33). The van der Waals surface area contributed by atoms with Gasteiger partial charge in [-0.1, -0.05) is 18.2 Å². The van der Waals surface area contributed by atoms with E-state index in [-0.39, 0.29) is 23.8 Å². The summed E-state index contributed by atoms with van der Waals surface area (Å²) in [4.78, 5) is 26.1. The Morgan fingerprint density at radius 3 is 2.46 bits per heavy atom. The Labute approximate surface area is 209 Å². The lowest BCUT2D eigenvalue weighted by atomic mass is 10.1. The summed E-state index contributed by atoms with van der Waals surface area (Å²) in [6.45, 7) is 1.19. The molecule has 5 rings (SSSR count). The van der Waals surface area contributed by atoms with Crippen LogP contribution in [0.25, 0.3) is 10.8 Å². The third-order valence-electron chi connectivity index (χ3n) is 5.79. The summed E-state index contributed by atoms with van der Waals surface area (Å²) in [6.07, 6.45) is -2.44. The first kappa shape index (κ1) is 24.2. The molecule has 190 valence electrons. The smallest absolute Gasteiger partial charge is 0.490 e. The molecule has 1 aliphatic heterocycles. The summed E-state index contributed by atoms with van der Waals surface area (Å²) in [7, 11) is 0. The van der Waals surface area contributed by atoms with E-state index in [1.54, 1.807) is 48.7 Å². The van der Waals surface area contributed by atoms with Crippen molar-refractivity contribution in [2.45, 2.75) is 19.3 Å². The second-order valence-electron chi connectivity index (χ2n) is 8.37. The van der Waals surface area contributed by atoms with Gasteiger partial charge in [0.15, 0.2) is 11.5 Å². The Bertz CT molecular complexity index is 1510. The average molecular weight is 510 g/mol. The van der Waals surface area contributed by atoms with E-state index in [0.717, 1.165) is 6.42 Å². The van der Waals surface area contributed by atoms with Gasteiger partial charge in [0.05, 0.1) is 19.8 Å². The van der Waals surface area contributed by atoms with E-state index < -0.39 is 6.36 Å². The number of ether oxygens (including phenoxy) is 3. The van der Waals surface area contributed by atoms with E-state index in [2.05, 4.69) is 10.1 Å².